The van der Waals surface area contributed by atoms with Gasteiger partial charge < -0.3 is 10.2 Å². The van der Waals surface area contributed by atoms with Crippen molar-refractivity contribution in [2.24, 2.45) is 0 Å². The quantitative estimate of drug-likeness (QED) is 0.697. The van der Waals surface area contributed by atoms with Crippen LogP contribution in [0.2, 0.25) is 0 Å². The molecule has 0 bridgehead atoms. The number of anilines is 1. The van der Waals surface area contributed by atoms with Gasteiger partial charge in [-0.15, -0.1) is 0 Å². The summed E-state index contributed by atoms with van der Waals surface area (Å²) in [6.07, 6.45) is 0.688. The van der Waals surface area contributed by atoms with Gasteiger partial charge in [0.2, 0.25) is 0 Å². The molecule has 0 aliphatic heterocycles. The zero-order chi connectivity index (χ0) is 12.5. The van der Waals surface area contributed by atoms with Crippen molar-refractivity contribution in [3.8, 4) is 0 Å². The molecular weight excluding hydrogens is 224 g/mol. The Bertz CT molecular complexity index is 683. The molecule has 0 amide bonds. The molecule has 3 rings (SSSR count). The molecule has 3 aromatic rings. The SMILES string of the molecule is Cc1ccc2oc(Cc3ccc(N)cc3)nc2c1. The van der Waals surface area contributed by atoms with Gasteiger partial charge in [-0.1, -0.05) is 18.2 Å². The largest absolute Gasteiger partial charge is 0.440 e. The van der Waals surface area contributed by atoms with Crippen molar-refractivity contribution in [2.75, 3.05) is 5.73 Å². The smallest absolute Gasteiger partial charge is 0.199 e. The van der Waals surface area contributed by atoms with E-state index in [4.69, 9.17) is 10.2 Å². The van der Waals surface area contributed by atoms with E-state index in [1.165, 1.54) is 5.56 Å². The van der Waals surface area contributed by atoms with Crippen LogP contribution in [0.25, 0.3) is 11.1 Å². The first-order valence-corrected chi connectivity index (χ1v) is 5.91. The highest BCUT2D eigenvalue weighted by Crippen LogP contribution is 2.19. The summed E-state index contributed by atoms with van der Waals surface area (Å²) >= 11 is 0. The highest BCUT2D eigenvalue weighted by Gasteiger charge is 2.06. The van der Waals surface area contributed by atoms with Crippen molar-refractivity contribution in [2.45, 2.75) is 13.3 Å². The van der Waals surface area contributed by atoms with E-state index in [2.05, 4.69) is 4.98 Å². The van der Waals surface area contributed by atoms with Gasteiger partial charge in [-0.05, 0) is 42.3 Å². The van der Waals surface area contributed by atoms with Crippen LogP contribution in [-0.2, 0) is 6.42 Å². The van der Waals surface area contributed by atoms with Crippen molar-refractivity contribution in [3.05, 3.63) is 59.5 Å². The molecule has 2 aromatic carbocycles. The Morgan fingerprint density at radius 1 is 1.11 bits per heavy atom. The average molecular weight is 238 g/mol. The van der Waals surface area contributed by atoms with E-state index in [1.54, 1.807) is 0 Å². The molecule has 0 fully saturated rings. The van der Waals surface area contributed by atoms with Crippen LogP contribution in [0.1, 0.15) is 17.0 Å². The molecule has 0 unspecified atom stereocenters. The lowest BCUT2D eigenvalue weighted by Crippen LogP contribution is -1.89. The summed E-state index contributed by atoms with van der Waals surface area (Å²) in [5, 5.41) is 0. The molecule has 0 atom stereocenters. The minimum Gasteiger partial charge on any atom is -0.440 e. The fourth-order valence-electron chi connectivity index (χ4n) is 1.97. The van der Waals surface area contributed by atoms with Crippen LogP contribution in [0.4, 0.5) is 5.69 Å². The maximum atomic E-state index is 5.71. The second-order valence-corrected chi connectivity index (χ2v) is 4.50. The zero-order valence-corrected chi connectivity index (χ0v) is 10.2. The molecule has 18 heavy (non-hydrogen) atoms. The lowest BCUT2D eigenvalue weighted by Gasteiger charge is -1.97. The fourth-order valence-corrected chi connectivity index (χ4v) is 1.97. The molecule has 1 heterocycles. The lowest BCUT2D eigenvalue weighted by molar-refractivity contribution is 0.544. The number of benzene rings is 2. The number of fused-ring (bicyclic) bond motifs is 1. The van der Waals surface area contributed by atoms with Crippen LogP contribution in [0.3, 0.4) is 0 Å². The molecular formula is C15H14N2O. The Balaban J connectivity index is 1.92. The van der Waals surface area contributed by atoms with E-state index in [1.807, 2.05) is 49.4 Å². The summed E-state index contributed by atoms with van der Waals surface area (Å²) < 4.78 is 5.71. The van der Waals surface area contributed by atoms with Gasteiger partial charge in [0, 0.05) is 12.1 Å². The van der Waals surface area contributed by atoms with Gasteiger partial charge in [-0.3, -0.25) is 0 Å². The molecule has 1 aromatic heterocycles. The number of aryl methyl sites for hydroxylation is 1. The minimum atomic E-state index is 0.688. The summed E-state index contributed by atoms with van der Waals surface area (Å²) in [5.74, 6) is 0.736. The normalized spacial score (nSPS) is 10.9. The number of hydrogen-bond acceptors (Lipinski definition) is 3. The van der Waals surface area contributed by atoms with E-state index in [9.17, 15) is 0 Å². The van der Waals surface area contributed by atoms with Crippen LogP contribution in [0.5, 0.6) is 0 Å². The van der Waals surface area contributed by atoms with E-state index in [-0.39, 0.29) is 0 Å². The Morgan fingerprint density at radius 3 is 2.67 bits per heavy atom. The second kappa shape index (κ2) is 4.18. The summed E-state index contributed by atoms with van der Waals surface area (Å²) in [7, 11) is 0. The van der Waals surface area contributed by atoms with Gasteiger partial charge in [0.1, 0.15) is 5.52 Å². The Morgan fingerprint density at radius 2 is 1.89 bits per heavy atom. The summed E-state index contributed by atoms with van der Waals surface area (Å²) in [6.45, 7) is 2.05. The number of aromatic nitrogens is 1. The zero-order valence-electron chi connectivity index (χ0n) is 10.2. The third kappa shape index (κ3) is 2.07. The molecule has 2 N–H and O–H groups in total. The molecule has 90 valence electrons. The maximum absolute atomic E-state index is 5.71. The number of rotatable bonds is 2. The number of nitrogen functional groups attached to an aromatic ring is 1. The molecule has 0 aliphatic carbocycles. The van der Waals surface area contributed by atoms with Crippen molar-refractivity contribution in [1.82, 2.24) is 4.98 Å². The van der Waals surface area contributed by atoms with Crippen molar-refractivity contribution in [3.63, 3.8) is 0 Å². The third-order valence-corrected chi connectivity index (χ3v) is 2.92. The minimum absolute atomic E-state index is 0.688. The molecule has 3 heteroatoms. The van der Waals surface area contributed by atoms with Crippen LogP contribution in [0.15, 0.2) is 46.9 Å². The van der Waals surface area contributed by atoms with Gasteiger partial charge in [0.25, 0.3) is 0 Å². The second-order valence-electron chi connectivity index (χ2n) is 4.50. The highest BCUT2D eigenvalue weighted by molar-refractivity contribution is 5.73. The number of nitrogens with two attached hydrogens (primary N) is 1. The average Bonchev–Trinajstić information content (AvgIpc) is 2.73. The van der Waals surface area contributed by atoms with Gasteiger partial charge in [-0.2, -0.15) is 0 Å². The molecule has 0 spiro atoms. The number of oxazole rings is 1. The topological polar surface area (TPSA) is 52.0 Å². The molecule has 0 aliphatic rings. The number of nitrogens with zero attached hydrogens (tertiary/aromatic N) is 1. The van der Waals surface area contributed by atoms with Gasteiger partial charge >= 0.3 is 0 Å². The predicted molar refractivity (Wildman–Crippen MR) is 72.4 cm³/mol. The van der Waals surface area contributed by atoms with Gasteiger partial charge in [0.05, 0.1) is 0 Å². The summed E-state index contributed by atoms with van der Waals surface area (Å²) in [4.78, 5) is 4.49. The van der Waals surface area contributed by atoms with E-state index in [0.717, 1.165) is 28.2 Å². The Kier molecular flexibility index (Phi) is 2.52. The van der Waals surface area contributed by atoms with Crippen LogP contribution in [-0.4, -0.2) is 4.98 Å². The van der Waals surface area contributed by atoms with Gasteiger partial charge in [0.15, 0.2) is 11.5 Å². The molecule has 0 radical (unpaired) electrons. The first kappa shape index (κ1) is 10.8. The predicted octanol–water partition coefficient (Wildman–Crippen LogP) is 3.31. The molecule has 0 saturated carbocycles. The van der Waals surface area contributed by atoms with E-state index >= 15 is 0 Å². The van der Waals surface area contributed by atoms with E-state index < -0.39 is 0 Å². The lowest BCUT2D eigenvalue weighted by atomic mass is 10.1. The molecule has 0 saturated heterocycles. The monoisotopic (exact) mass is 238 g/mol. The summed E-state index contributed by atoms with van der Waals surface area (Å²) in [5.41, 5.74) is 10.5. The van der Waals surface area contributed by atoms with Gasteiger partial charge in [-0.25, -0.2) is 4.98 Å². The summed E-state index contributed by atoms with van der Waals surface area (Å²) in [6, 6.07) is 13.8. The Hall–Kier alpha value is -2.29. The first-order valence-electron chi connectivity index (χ1n) is 5.91. The van der Waals surface area contributed by atoms with Crippen LogP contribution >= 0.6 is 0 Å². The first-order chi connectivity index (χ1) is 8.70. The standard InChI is InChI=1S/C15H14N2O/c1-10-2-7-14-13(8-10)17-15(18-14)9-11-3-5-12(16)6-4-11/h2-8H,9,16H2,1H3. The number of hydrogen-bond donors (Lipinski definition) is 1. The Labute approximate surface area is 105 Å². The van der Waals surface area contributed by atoms with Crippen molar-refractivity contribution in [1.29, 1.82) is 0 Å². The fraction of sp³-hybridized carbons (Fsp3) is 0.133. The third-order valence-electron chi connectivity index (χ3n) is 2.92. The van der Waals surface area contributed by atoms with E-state index in [0.29, 0.717) is 6.42 Å². The van der Waals surface area contributed by atoms with Crippen molar-refractivity contribution < 1.29 is 4.42 Å². The molecule has 3 nitrogen and oxygen atoms in total. The van der Waals surface area contributed by atoms with Crippen molar-refractivity contribution >= 4 is 16.8 Å². The van der Waals surface area contributed by atoms with Crippen LogP contribution < -0.4 is 5.73 Å². The van der Waals surface area contributed by atoms with Crippen LogP contribution in [0, 0.1) is 6.92 Å². The maximum Gasteiger partial charge on any atom is 0.199 e. The highest BCUT2D eigenvalue weighted by atomic mass is 16.3.